The quantitative estimate of drug-likeness (QED) is 0.501. The summed E-state index contributed by atoms with van der Waals surface area (Å²) in [5.41, 5.74) is 4.11. The lowest BCUT2D eigenvalue weighted by atomic mass is 10.1. The van der Waals surface area contributed by atoms with Crippen LogP contribution in [-0.2, 0) is 11.2 Å². The standard InChI is InChI=1S/C23H23ClN2O3S/c1-13-7-16(8-14(2)22(13)28)11-25-12-18(27)10-21-15(3)26-23(30-21)19-6-5-17(24)9-20(19)29-4/h5-9,11,28H,10,12H2,1-4H3. The Labute approximate surface area is 185 Å². The Balaban J connectivity index is 1.69. The Hall–Kier alpha value is -2.70. The number of benzene rings is 2. The smallest absolute Gasteiger partial charge is 0.159 e. The highest BCUT2D eigenvalue weighted by atomic mass is 35.5. The van der Waals surface area contributed by atoms with Crippen molar-refractivity contribution in [3.63, 3.8) is 0 Å². The maximum absolute atomic E-state index is 12.4. The number of ether oxygens (including phenoxy) is 1. The third-order valence-corrected chi connectivity index (χ3v) is 6.09. The number of halogens is 1. The molecular formula is C23H23ClN2O3S. The van der Waals surface area contributed by atoms with E-state index in [4.69, 9.17) is 16.3 Å². The zero-order valence-electron chi connectivity index (χ0n) is 17.3. The lowest BCUT2D eigenvalue weighted by Gasteiger charge is -2.05. The molecule has 0 saturated heterocycles. The monoisotopic (exact) mass is 442 g/mol. The number of nitrogens with zero attached hydrogens (tertiary/aromatic N) is 2. The van der Waals surface area contributed by atoms with Crippen LogP contribution in [0.5, 0.6) is 11.5 Å². The molecule has 1 aromatic heterocycles. The van der Waals surface area contributed by atoms with E-state index in [0.29, 0.717) is 10.8 Å². The number of methoxy groups -OCH3 is 1. The molecule has 1 heterocycles. The van der Waals surface area contributed by atoms with E-state index in [9.17, 15) is 9.90 Å². The van der Waals surface area contributed by atoms with Crippen LogP contribution in [0, 0.1) is 20.8 Å². The minimum absolute atomic E-state index is 0.0137. The van der Waals surface area contributed by atoms with Crippen molar-refractivity contribution in [3.8, 4) is 22.1 Å². The number of hydrogen-bond donors (Lipinski definition) is 1. The zero-order chi connectivity index (χ0) is 21.8. The van der Waals surface area contributed by atoms with Crippen LogP contribution < -0.4 is 4.74 Å². The van der Waals surface area contributed by atoms with Gasteiger partial charge in [-0.2, -0.15) is 0 Å². The van der Waals surface area contributed by atoms with Crippen LogP contribution in [0.25, 0.3) is 10.6 Å². The second-order valence-corrected chi connectivity index (χ2v) is 8.58. The molecule has 0 aliphatic heterocycles. The highest BCUT2D eigenvalue weighted by Crippen LogP contribution is 2.36. The molecule has 0 aliphatic rings. The van der Waals surface area contributed by atoms with Crippen LogP contribution in [0.4, 0.5) is 0 Å². The molecule has 156 valence electrons. The van der Waals surface area contributed by atoms with Gasteiger partial charge in [-0.05, 0) is 67.8 Å². The van der Waals surface area contributed by atoms with Gasteiger partial charge in [0.15, 0.2) is 5.78 Å². The fourth-order valence-electron chi connectivity index (χ4n) is 3.10. The normalized spacial score (nSPS) is 11.2. The molecule has 1 N–H and O–H groups in total. The number of carbonyl (C=O) groups excluding carboxylic acids is 1. The summed E-state index contributed by atoms with van der Waals surface area (Å²) >= 11 is 7.52. The van der Waals surface area contributed by atoms with Gasteiger partial charge in [-0.1, -0.05) is 11.6 Å². The Morgan fingerprint density at radius 3 is 2.60 bits per heavy atom. The Kier molecular flexibility index (Phi) is 6.90. The molecule has 0 unspecified atom stereocenters. The number of Topliss-reactive ketones (excluding diaryl/α,β-unsaturated/α-hetero) is 1. The molecule has 3 aromatic rings. The minimum atomic E-state index is 0.0137. The predicted molar refractivity (Wildman–Crippen MR) is 123 cm³/mol. The van der Waals surface area contributed by atoms with Crippen molar-refractivity contribution >= 4 is 34.9 Å². The first kappa shape index (κ1) is 22.0. The largest absolute Gasteiger partial charge is 0.507 e. The fraction of sp³-hybridized carbons (Fsp3) is 0.261. The van der Waals surface area contributed by atoms with E-state index >= 15 is 0 Å². The lowest BCUT2D eigenvalue weighted by Crippen LogP contribution is -2.06. The molecule has 0 atom stereocenters. The maximum atomic E-state index is 12.4. The summed E-state index contributed by atoms with van der Waals surface area (Å²) in [6, 6.07) is 9.10. The topological polar surface area (TPSA) is 71.8 Å². The summed E-state index contributed by atoms with van der Waals surface area (Å²) in [5.74, 6) is 0.954. The molecule has 5 nitrogen and oxygen atoms in total. The van der Waals surface area contributed by atoms with E-state index < -0.39 is 0 Å². The number of thiazole rings is 1. The van der Waals surface area contributed by atoms with Gasteiger partial charge >= 0.3 is 0 Å². The van der Waals surface area contributed by atoms with E-state index in [1.54, 1.807) is 25.5 Å². The van der Waals surface area contributed by atoms with Gasteiger partial charge in [-0.3, -0.25) is 9.79 Å². The van der Waals surface area contributed by atoms with Crippen LogP contribution in [0.15, 0.2) is 35.3 Å². The summed E-state index contributed by atoms with van der Waals surface area (Å²) in [7, 11) is 1.59. The van der Waals surface area contributed by atoms with E-state index in [1.807, 2.05) is 39.0 Å². The summed E-state index contributed by atoms with van der Waals surface area (Å²) in [6.45, 7) is 5.67. The van der Waals surface area contributed by atoms with Crippen molar-refractivity contribution in [1.29, 1.82) is 0 Å². The number of hydrogen-bond acceptors (Lipinski definition) is 6. The Morgan fingerprint density at radius 1 is 1.23 bits per heavy atom. The molecule has 3 rings (SSSR count). The first-order valence-corrected chi connectivity index (χ1v) is 10.6. The van der Waals surface area contributed by atoms with Crippen LogP contribution in [0.1, 0.15) is 27.3 Å². The average Bonchev–Trinajstić information content (AvgIpc) is 3.05. The Bertz CT molecular complexity index is 1100. The van der Waals surface area contributed by atoms with Crippen molar-refractivity contribution in [1.82, 2.24) is 4.98 Å². The first-order valence-electron chi connectivity index (χ1n) is 9.40. The number of ketones is 1. The van der Waals surface area contributed by atoms with E-state index in [0.717, 1.165) is 37.8 Å². The van der Waals surface area contributed by atoms with Gasteiger partial charge in [-0.15, -0.1) is 11.3 Å². The Morgan fingerprint density at radius 2 is 1.93 bits per heavy atom. The third-order valence-electron chi connectivity index (χ3n) is 4.67. The lowest BCUT2D eigenvalue weighted by molar-refractivity contribution is -0.117. The first-order chi connectivity index (χ1) is 14.3. The van der Waals surface area contributed by atoms with Crippen molar-refractivity contribution in [2.75, 3.05) is 13.7 Å². The summed E-state index contributed by atoms with van der Waals surface area (Å²) in [6.07, 6.45) is 1.95. The summed E-state index contributed by atoms with van der Waals surface area (Å²) in [5, 5.41) is 11.2. The molecule has 7 heteroatoms. The van der Waals surface area contributed by atoms with Gasteiger partial charge in [0.25, 0.3) is 0 Å². The highest BCUT2D eigenvalue weighted by Gasteiger charge is 2.16. The van der Waals surface area contributed by atoms with E-state index in [2.05, 4.69) is 9.98 Å². The van der Waals surface area contributed by atoms with Crippen molar-refractivity contribution in [3.05, 3.63) is 62.6 Å². The van der Waals surface area contributed by atoms with Crippen LogP contribution in [0.3, 0.4) is 0 Å². The summed E-state index contributed by atoms with van der Waals surface area (Å²) < 4.78 is 5.41. The molecule has 0 fully saturated rings. The second-order valence-electron chi connectivity index (χ2n) is 7.06. The molecule has 0 bridgehead atoms. The number of aromatic hydroxyl groups is 1. The van der Waals surface area contributed by atoms with Gasteiger partial charge < -0.3 is 9.84 Å². The van der Waals surface area contributed by atoms with Crippen LogP contribution >= 0.6 is 22.9 Å². The molecule has 2 aromatic carbocycles. The summed E-state index contributed by atoms with van der Waals surface area (Å²) in [4.78, 5) is 22.2. The van der Waals surface area contributed by atoms with E-state index in [-0.39, 0.29) is 24.5 Å². The molecule has 0 aliphatic carbocycles. The minimum Gasteiger partial charge on any atom is -0.507 e. The average molecular weight is 443 g/mol. The maximum Gasteiger partial charge on any atom is 0.159 e. The number of aryl methyl sites for hydroxylation is 3. The highest BCUT2D eigenvalue weighted by molar-refractivity contribution is 7.15. The predicted octanol–water partition coefficient (Wildman–Crippen LogP) is 5.33. The number of rotatable bonds is 7. The second kappa shape index (κ2) is 9.41. The van der Waals surface area contributed by atoms with Gasteiger partial charge in [-0.25, -0.2) is 4.98 Å². The number of phenolic OH excluding ortho intramolecular Hbond substituents is 1. The van der Waals surface area contributed by atoms with Crippen molar-refractivity contribution < 1.29 is 14.6 Å². The molecular weight excluding hydrogens is 420 g/mol. The number of aliphatic imine (C=N–C) groups is 1. The van der Waals surface area contributed by atoms with Crippen LogP contribution in [0.2, 0.25) is 5.02 Å². The van der Waals surface area contributed by atoms with Gasteiger partial charge in [0, 0.05) is 22.5 Å². The molecule has 0 amide bonds. The zero-order valence-corrected chi connectivity index (χ0v) is 18.9. The molecule has 0 saturated carbocycles. The van der Waals surface area contributed by atoms with Crippen molar-refractivity contribution in [2.45, 2.75) is 27.2 Å². The number of carbonyl (C=O) groups is 1. The van der Waals surface area contributed by atoms with Gasteiger partial charge in [0.1, 0.15) is 16.5 Å². The molecule has 30 heavy (non-hydrogen) atoms. The van der Waals surface area contributed by atoms with Gasteiger partial charge in [0.2, 0.25) is 0 Å². The SMILES string of the molecule is COc1cc(Cl)ccc1-c1nc(C)c(CC(=O)CN=Cc2cc(C)c(O)c(C)c2)s1. The number of aromatic nitrogens is 1. The molecule has 0 spiro atoms. The molecule has 0 radical (unpaired) electrons. The number of phenols is 1. The fourth-order valence-corrected chi connectivity index (χ4v) is 4.38. The van der Waals surface area contributed by atoms with Gasteiger partial charge in [0.05, 0.1) is 24.9 Å². The van der Waals surface area contributed by atoms with Crippen LogP contribution in [-0.4, -0.2) is 35.7 Å². The van der Waals surface area contributed by atoms with E-state index in [1.165, 1.54) is 11.3 Å². The van der Waals surface area contributed by atoms with Crippen molar-refractivity contribution in [2.24, 2.45) is 4.99 Å². The third kappa shape index (κ3) is 5.07.